The van der Waals surface area contributed by atoms with Gasteiger partial charge in [0.15, 0.2) is 12.7 Å². The number of hydrogen-bond acceptors (Lipinski definition) is 5. The second kappa shape index (κ2) is 14.0. The molecule has 0 fully saturated rings. The SMILES string of the molecule is O=C(N/C(=C/c1ccccc1)[P+](c1ccccc1)(c1ccccc1)c1ccccc1)c1ccccc1.[O-][Cl+3]([O-])([O-])[O-]. The van der Waals surface area contributed by atoms with E-state index in [2.05, 4.69) is 96.3 Å². The Morgan fingerprint density at radius 1 is 0.537 bits per heavy atom. The Kier molecular flexibility index (Phi) is 10.2. The molecule has 41 heavy (non-hydrogen) atoms. The van der Waals surface area contributed by atoms with Crippen LogP contribution in [-0.4, -0.2) is 5.91 Å². The van der Waals surface area contributed by atoms with E-state index in [0.29, 0.717) is 5.56 Å². The first kappa shape index (κ1) is 29.8. The Morgan fingerprint density at radius 2 is 0.854 bits per heavy atom. The largest absolute Gasteiger partial charge is 0.292 e. The maximum Gasteiger partial charge on any atom is 0.258 e. The first-order valence-corrected chi connectivity index (χ1v) is 15.6. The molecule has 0 radical (unpaired) electrons. The van der Waals surface area contributed by atoms with E-state index in [1.165, 1.54) is 15.9 Å². The Bertz CT molecular complexity index is 1440. The third-order valence-corrected chi connectivity index (χ3v) is 10.4. The monoisotopic (exact) mass is 583 g/mol. The summed E-state index contributed by atoms with van der Waals surface area (Å²) in [4.78, 5) is 13.7. The maximum atomic E-state index is 13.7. The highest BCUT2D eigenvalue weighted by Gasteiger charge is 2.50. The molecule has 1 amide bonds. The zero-order valence-corrected chi connectivity index (χ0v) is 23.5. The normalized spacial score (nSPS) is 11.7. The topological polar surface area (TPSA) is 121 Å². The first-order chi connectivity index (χ1) is 19.8. The summed E-state index contributed by atoms with van der Waals surface area (Å²) in [5.74, 6) is -0.120. The molecule has 0 heterocycles. The molecule has 206 valence electrons. The van der Waals surface area contributed by atoms with Gasteiger partial charge in [0.05, 0.1) is 0 Å². The third-order valence-electron chi connectivity index (χ3n) is 6.17. The smallest absolute Gasteiger partial charge is 0.258 e. The van der Waals surface area contributed by atoms with Gasteiger partial charge in [-0.1, -0.05) is 103 Å². The van der Waals surface area contributed by atoms with Crippen molar-refractivity contribution in [2.24, 2.45) is 0 Å². The molecule has 5 rings (SSSR count). The van der Waals surface area contributed by atoms with Gasteiger partial charge < -0.3 is 0 Å². The van der Waals surface area contributed by atoms with Crippen molar-refractivity contribution in [2.75, 3.05) is 0 Å². The second-order valence-corrected chi connectivity index (χ2v) is 12.9. The first-order valence-electron chi connectivity index (χ1n) is 12.6. The lowest BCUT2D eigenvalue weighted by atomic mass is 10.2. The van der Waals surface area contributed by atoms with Crippen LogP contribution in [0, 0.1) is 10.2 Å². The average molecular weight is 584 g/mol. The van der Waals surface area contributed by atoms with Crippen LogP contribution >= 0.6 is 7.26 Å². The predicted octanol–water partition coefficient (Wildman–Crippen LogP) is 1.65. The third kappa shape index (κ3) is 7.97. The van der Waals surface area contributed by atoms with E-state index in [1.54, 1.807) is 0 Å². The fourth-order valence-corrected chi connectivity index (χ4v) is 8.72. The van der Waals surface area contributed by atoms with Crippen LogP contribution in [0.2, 0.25) is 0 Å². The molecule has 0 aromatic heterocycles. The number of carbonyl (C=O) groups is 1. The summed E-state index contributed by atoms with van der Waals surface area (Å²) >= 11 is 0. The highest BCUT2D eigenvalue weighted by Crippen LogP contribution is 2.61. The van der Waals surface area contributed by atoms with E-state index >= 15 is 0 Å². The van der Waals surface area contributed by atoms with Crippen molar-refractivity contribution in [1.29, 1.82) is 0 Å². The Labute approximate surface area is 242 Å². The molecule has 5 aromatic carbocycles. The lowest BCUT2D eigenvalue weighted by molar-refractivity contribution is -2.00. The minimum atomic E-state index is -4.94. The van der Waals surface area contributed by atoms with Crippen molar-refractivity contribution >= 4 is 35.2 Å². The van der Waals surface area contributed by atoms with Crippen LogP contribution in [0.3, 0.4) is 0 Å². The molecule has 0 aliphatic carbocycles. The van der Waals surface area contributed by atoms with Crippen LogP contribution in [0.25, 0.3) is 6.08 Å². The summed E-state index contributed by atoms with van der Waals surface area (Å²) in [5.41, 5.74) is 2.56. The highest BCUT2D eigenvalue weighted by molar-refractivity contribution is 7.99. The van der Waals surface area contributed by atoms with Gasteiger partial charge in [-0.3, -0.25) is 10.1 Å². The number of nitrogens with one attached hydrogen (secondary N) is 1. The predicted molar refractivity (Wildman–Crippen MR) is 153 cm³/mol. The van der Waals surface area contributed by atoms with Crippen LogP contribution in [0.1, 0.15) is 15.9 Å². The quantitative estimate of drug-likeness (QED) is 0.292. The van der Waals surface area contributed by atoms with Gasteiger partial charge in [0, 0.05) is 11.6 Å². The minimum Gasteiger partial charge on any atom is -0.292 e. The van der Waals surface area contributed by atoms with Crippen molar-refractivity contribution in [3.05, 3.63) is 168 Å². The van der Waals surface area contributed by atoms with Gasteiger partial charge >= 0.3 is 0 Å². The molecule has 0 saturated heterocycles. The van der Waals surface area contributed by atoms with Crippen molar-refractivity contribution in [1.82, 2.24) is 5.32 Å². The zero-order chi connectivity index (χ0) is 29.1. The molecule has 0 aliphatic rings. The summed E-state index contributed by atoms with van der Waals surface area (Å²) in [6.45, 7) is 0. The number of carbonyl (C=O) groups excluding carboxylic acids is 1. The van der Waals surface area contributed by atoms with Crippen LogP contribution in [0.4, 0.5) is 0 Å². The fourth-order valence-electron chi connectivity index (χ4n) is 4.52. The number of halogens is 1. The molecular formula is C33H27ClNO5P. The van der Waals surface area contributed by atoms with Gasteiger partial charge in [0.1, 0.15) is 15.9 Å². The van der Waals surface area contributed by atoms with Crippen LogP contribution in [0.15, 0.2) is 157 Å². The van der Waals surface area contributed by atoms with Crippen LogP contribution < -0.4 is 39.9 Å². The standard InChI is InChI=1S/C33H26NOP.ClHO4/c35-33(28-18-8-2-9-19-28)34-32(26-27-16-6-1-7-17-27)36(29-20-10-3-11-21-29,30-22-12-4-13-23-30)31-24-14-5-15-25-31;2-1(3,4)5/h1-26H;(H,2,3,4,5)/b32-26-;. The number of hydrogen-bond donors (Lipinski definition) is 1. The van der Waals surface area contributed by atoms with Crippen molar-refractivity contribution < 1.29 is 33.7 Å². The van der Waals surface area contributed by atoms with E-state index in [-0.39, 0.29) is 5.91 Å². The molecule has 0 bridgehead atoms. The maximum absolute atomic E-state index is 13.7. The molecule has 8 heteroatoms. The molecular weight excluding hydrogens is 557 g/mol. The van der Waals surface area contributed by atoms with Gasteiger partial charge in [-0.05, 0) is 54.1 Å². The molecule has 0 spiro atoms. The average Bonchev–Trinajstić information content (AvgIpc) is 2.99. The fraction of sp³-hybridized carbons (Fsp3) is 0. The Balaban J connectivity index is 0.000000714. The van der Waals surface area contributed by atoms with Crippen molar-refractivity contribution in [3.63, 3.8) is 0 Å². The lowest BCUT2D eigenvalue weighted by Crippen LogP contribution is -2.68. The van der Waals surface area contributed by atoms with Gasteiger partial charge in [-0.2, -0.15) is 0 Å². The van der Waals surface area contributed by atoms with Crippen molar-refractivity contribution in [3.8, 4) is 0 Å². The van der Waals surface area contributed by atoms with Gasteiger partial charge in [-0.15, -0.1) is 10.2 Å². The summed E-state index contributed by atoms with van der Waals surface area (Å²) in [7, 11) is -7.42. The number of amides is 1. The molecule has 0 unspecified atom stereocenters. The van der Waals surface area contributed by atoms with Gasteiger partial charge in [-0.25, -0.2) is 18.6 Å². The molecule has 0 atom stereocenters. The van der Waals surface area contributed by atoms with E-state index in [9.17, 15) is 4.79 Å². The molecule has 5 aromatic rings. The lowest BCUT2D eigenvalue weighted by Gasteiger charge is -2.29. The zero-order valence-electron chi connectivity index (χ0n) is 21.9. The highest BCUT2D eigenvalue weighted by atomic mass is 35.7. The number of benzene rings is 5. The Morgan fingerprint density at radius 3 is 1.22 bits per heavy atom. The van der Waals surface area contributed by atoms with E-state index in [1.807, 2.05) is 66.7 Å². The Hall–Kier alpha value is -4.13. The van der Waals surface area contributed by atoms with E-state index < -0.39 is 17.5 Å². The summed E-state index contributed by atoms with van der Waals surface area (Å²) < 4.78 is 34.0. The van der Waals surface area contributed by atoms with Gasteiger partial charge in [0.2, 0.25) is 0 Å². The number of rotatable bonds is 7. The summed E-state index contributed by atoms with van der Waals surface area (Å²) in [6, 6.07) is 51.3. The summed E-state index contributed by atoms with van der Waals surface area (Å²) in [5, 5.41) is 6.93. The molecule has 0 aliphatic heterocycles. The molecule has 6 nitrogen and oxygen atoms in total. The molecule has 0 saturated carbocycles. The van der Waals surface area contributed by atoms with Crippen LogP contribution in [0.5, 0.6) is 0 Å². The van der Waals surface area contributed by atoms with E-state index in [4.69, 9.17) is 18.6 Å². The second-order valence-electron chi connectivity index (χ2n) is 8.82. The summed E-state index contributed by atoms with van der Waals surface area (Å²) in [6.07, 6.45) is 2.14. The van der Waals surface area contributed by atoms with Crippen LogP contribution in [-0.2, 0) is 0 Å². The van der Waals surface area contributed by atoms with Crippen molar-refractivity contribution in [2.45, 2.75) is 0 Å². The van der Waals surface area contributed by atoms with E-state index in [0.717, 1.165) is 11.0 Å². The minimum absolute atomic E-state index is 0.120. The molecule has 1 N–H and O–H groups in total. The van der Waals surface area contributed by atoms with Gasteiger partial charge in [0.25, 0.3) is 5.91 Å².